The summed E-state index contributed by atoms with van der Waals surface area (Å²) in [6, 6.07) is 1.05. The number of amides is 1. The van der Waals surface area contributed by atoms with E-state index in [4.69, 9.17) is 13.9 Å². The van der Waals surface area contributed by atoms with E-state index in [0.29, 0.717) is 36.8 Å². The van der Waals surface area contributed by atoms with Crippen LogP contribution in [0.1, 0.15) is 59.8 Å². The first-order valence-corrected chi connectivity index (χ1v) is 20.0. The van der Waals surface area contributed by atoms with Crippen LogP contribution in [0.15, 0.2) is 37.1 Å². The molecular formula is C27H47NO6Si2. The third kappa shape index (κ3) is 7.52. The highest BCUT2D eigenvalue weighted by atomic mass is 29.3. The van der Waals surface area contributed by atoms with E-state index in [1.165, 1.54) is 0 Å². The molecule has 0 spiro atoms. The molecule has 36 heavy (non-hydrogen) atoms. The molecule has 7 nitrogen and oxygen atoms in total. The van der Waals surface area contributed by atoms with Crippen molar-refractivity contribution in [3.8, 4) is 0 Å². The highest BCUT2D eigenvalue weighted by Gasteiger charge is 2.60. The number of rotatable bonds is 9. The zero-order valence-electron chi connectivity index (χ0n) is 23.7. The molecule has 2 saturated heterocycles. The van der Waals surface area contributed by atoms with Crippen molar-refractivity contribution < 1.29 is 28.3 Å². The van der Waals surface area contributed by atoms with Crippen molar-refractivity contribution in [2.45, 2.75) is 110 Å². The molecular weight excluding hydrogens is 490 g/mol. The molecule has 9 heteroatoms. The smallest absolute Gasteiger partial charge is 0.333 e. The maximum atomic E-state index is 12.3. The van der Waals surface area contributed by atoms with Gasteiger partial charge in [-0.2, -0.15) is 0 Å². The Hall–Kier alpha value is -1.98. The average molecular weight is 538 g/mol. The average Bonchev–Trinajstić information content (AvgIpc) is 3.22. The summed E-state index contributed by atoms with van der Waals surface area (Å²) in [6.07, 6.45) is 4.14. The van der Waals surface area contributed by atoms with Gasteiger partial charge in [0, 0.05) is 24.1 Å². The molecule has 2 unspecified atom stereocenters. The second-order valence-electron chi connectivity index (χ2n) is 11.0. The van der Waals surface area contributed by atoms with E-state index in [0.717, 1.165) is 19.0 Å². The molecule has 204 valence electrons. The van der Waals surface area contributed by atoms with Crippen molar-refractivity contribution in [1.29, 1.82) is 0 Å². The molecule has 1 amide bonds. The van der Waals surface area contributed by atoms with Crippen molar-refractivity contribution in [1.82, 2.24) is 4.90 Å². The highest BCUT2D eigenvalue weighted by molar-refractivity contribution is 7.38. The Labute approximate surface area is 219 Å². The van der Waals surface area contributed by atoms with Gasteiger partial charge in [0.1, 0.15) is 17.8 Å². The summed E-state index contributed by atoms with van der Waals surface area (Å²) in [5, 5.41) is 0. The number of likely N-dealkylation sites (tertiary alicyclic amines) is 1. The summed E-state index contributed by atoms with van der Waals surface area (Å²) in [4.78, 5) is 37.0. The fourth-order valence-corrected chi connectivity index (χ4v) is 11.3. The van der Waals surface area contributed by atoms with Crippen LogP contribution in [0, 0.1) is 0 Å². The van der Waals surface area contributed by atoms with Crippen LogP contribution in [0.2, 0.25) is 32.2 Å². The van der Waals surface area contributed by atoms with E-state index in [-0.39, 0.29) is 5.91 Å². The molecule has 2 rings (SSSR count). The number of carbonyl (C=O) groups is 3. The Balaban J connectivity index is 0.000000681. The van der Waals surface area contributed by atoms with Gasteiger partial charge in [-0.1, -0.05) is 52.7 Å². The first-order valence-electron chi connectivity index (χ1n) is 12.9. The van der Waals surface area contributed by atoms with E-state index in [1.807, 2.05) is 13.8 Å². The molecule has 0 saturated carbocycles. The number of hydrogen-bond acceptors (Lipinski definition) is 6. The molecule has 2 aliphatic heterocycles. The van der Waals surface area contributed by atoms with Gasteiger partial charge in [0.2, 0.25) is 5.91 Å². The lowest BCUT2D eigenvalue weighted by atomic mass is 9.84. The summed E-state index contributed by atoms with van der Waals surface area (Å²) in [5.74, 6) is -0.657. The number of ether oxygens (including phenoxy) is 2. The van der Waals surface area contributed by atoms with Gasteiger partial charge in [0.15, 0.2) is 7.83 Å². The van der Waals surface area contributed by atoms with Crippen molar-refractivity contribution in [2.24, 2.45) is 0 Å². The number of carbonyl (C=O) groups excluding carboxylic acids is 3. The largest absolute Gasteiger partial charge is 0.456 e. The highest BCUT2D eigenvalue weighted by Crippen LogP contribution is 2.46. The standard InChI is InChI=1S/C21H38O5Si2.C6H9NO/c1-11-17(24-19(22)15(3)4)21(18(12-2)25-20(23)16(5)6)13-14-27(7,8)28(9,10)26-21;1-2-7-5-3-4-6(7)8/h17-18H,3,5,11-14H2,1-2,4,6-10H3;2H,1,3-5H2. The van der Waals surface area contributed by atoms with Crippen LogP contribution in [0.25, 0.3) is 0 Å². The summed E-state index contributed by atoms with van der Waals surface area (Å²) < 4.78 is 18.6. The van der Waals surface area contributed by atoms with E-state index in [1.54, 1.807) is 24.9 Å². The predicted molar refractivity (Wildman–Crippen MR) is 149 cm³/mol. The normalized spacial score (nSPS) is 24.0. The van der Waals surface area contributed by atoms with Crippen LogP contribution in [0.5, 0.6) is 0 Å². The maximum absolute atomic E-state index is 12.3. The molecule has 0 bridgehead atoms. The maximum Gasteiger partial charge on any atom is 0.333 e. The van der Waals surface area contributed by atoms with Gasteiger partial charge >= 0.3 is 11.9 Å². The number of hydrogen-bond donors (Lipinski definition) is 0. The molecule has 2 heterocycles. The summed E-state index contributed by atoms with van der Waals surface area (Å²) in [5.41, 5.74) is -0.136. The van der Waals surface area contributed by atoms with Crippen LogP contribution in [-0.2, 0) is 28.3 Å². The van der Waals surface area contributed by atoms with Gasteiger partial charge < -0.3 is 18.8 Å². The first-order chi connectivity index (χ1) is 16.6. The van der Waals surface area contributed by atoms with Crippen molar-refractivity contribution >= 4 is 33.3 Å². The molecule has 0 N–H and O–H groups in total. The lowest BCUT2D eigenvalue weighted by molar-refractivity contribution is -0.189. The SMILES string of the molecule is C=C(C)C(=O)OC(CC)C1(C(CC)OC(=O)C(=C)C)CC[Si](C)(C)[Si](C)(C)O1.C=CN1CCCC1=O. The first kappa shape index (κ1) is 32.1. The van der Waals surface area contributed by atoms with Gasteiger partial charge in [0.05, 0.1) is 7.59 Å². The second-order valence-corrected chi connectivity index (χ2v) is 26.2. The minimum atomic E-state index is -2.06. The third-order valence-electron chi connectivity index (χ3n) is 7.57. The van der Waals surface area contributed by atoms with E-state index in [9.17, 15) is 14.4 Å². The summed E-state index contributed by atoms with van der Waals surface area (Å²) in [7, 11) is -3.60. The molecule has 0 aliphatic carbocycles. The van der Waals surface area contributed by atoms with Crippen LogP contribution < -0.4 is 0 Å². The molecule has 0 aromatic heterocycles. The zero-order valence-corrected chi connectivity index (χ0v) is 25.7. The van der Waals surface area contributed by atoms with Crippen molar-refractivity contribution in [2.75, 3.05) is 6.54 Å². The van der Waals surface area contributed by atoms with Crippen molar-refractivity contribution in [3.63, 3.8) is 0 Å². The molecule has 0 aromatic carbocycles. The molecule has 0 radical (unpaired) electrons. The number of esters is 2. The van der Waals surface area contributed by atoms with Crippen LogP contribution in [0.4, 0.5) is 0 Å². The van der Waals surface area contributed by atoms with Gasteiger partial charge in [-0.05, 0) is 58.8 Å². The Morgan fingerprint density at radius 1 is 1.06 bits per heavy atom. The molecule has 2 atom stereocenters. The Morgan fingerprint density at radius 3 is 1.81 bits per heavy atom. The minimum absolute atomic E-state index is 0.208. The fraction of sp³-hybridized carbons (Fsp3) is 0.667. The Morgan fingerprint density at radius 2 is 1.53 bits per heavy atom. The van der Waals surface area contributed by atoms with Gasteiger partial charge in [-0.25, -0.2) is 9.59 Å². The summed E-state index contributed by atoms with van der Waals surface area (Å²) >= 11 is 0. The van der Waals surface area contributed by atoms with Gasteiger partial charge in [-0.3, -0.25) is 4.79 Å². The van der Waals surface area contributed by atoms with E-state index < -0.39 is 45.2 Å². The fourth-order valence-electron chi connectivity index (χ4n) is 4.51. The minimum Gasteiger partial charge on any atom is -0.456 e. The molecule has 2 aliphatic rings. The number of nitrogens with zero attached hydrogens (tertiary/aromatic N) is 1. The zero-order chi connectivity index (χ0) is 27.9. The predicted octanol–water partition coefficient (Wildman–Crippen LogP) is 5.69. The summed E-state index contributed by atoms with van der Waals surface area (Å²) in [6.45, 7) is 28.2. The quantitative estimate of drug-likeness (QED) is 0.214. The lowest BCUT2D eigenvalue weighted by Crippen LogP contribution is -2.71. The van der Waals surface area contributed by atoms with Gasteiger partial charge in [-0.15, -0.1) is 0 Å². The van der Waals surface area contributed by atoms with Crippen LogP contribution in [-0.4, -0.2) is 62.5 Å². The molecule has 2 fully saturated rings. The Kier molecular flexibility index (Phi) is 11.6. The molecule has 0 aromatic rings. The third-order valence-corrected chi connectivity index (χ3v) is 24.1. The lowest BCUT2D eigenvalue weighted by Gasteiger charge is -2.56. The van der Waals surface area contributed by atoms with Gasteiger partial charge in [0.25, 0.3) is 0 Å². The van der Waals surface area contributed by atoms with E-state index in [2.05, 4.69) is 45.9 Å². The topological polar surface area (TPSA) is 82.1 Å². The van der Waals surface area contributed by atoms with Crippen molar-refractivity contribution in [3.05, 3.63) is 37.1 Å². The monoisotopic (exact) mass is 537 g/mol. The Bertz CT molecular complexity index is 830. The van der Waals surface area contributed by atoms with E-state index >= 15 is 0 Å². The van der Waals surface area contributed by atoms with Crippen LogP contribution in [0.3, 0.4) is 0 Å². The van der Waals surface area contributed by atoms with Crippen LogP contribution >= 0.6 is 0 Å². The second kappa shape index (κ2) is 13.0.